The molecule has 0 saturated carbocycles. The number of halogens is 1. The van der Waals surface area contributed by atoms with Gasteiger partial charge in [0.05, 0.1) is 0 Å². The highest BCUT2D eigenvalue weighted by Gasteiger charge is 2.06. The van der Waals surface area contributed by atoms with Crippen LogP contribution in [0.5, 0.6) is 0 Å². The Labute approximate surface area is 110 Å². The summed E-state index contributed by atoms with van der Waals surface area (Å²) < 4.78 is 0. The van der Waals surface area contributed by atoms with Crippen LogP contribution in [-0.4, -0.2) is 15.9 Å². The summed E-state index contributed by atoms with van der Waals surface area (Å²) in [6.07, 6.45) is 4.98. The second-order valence-corrected chi connectivity index (χ2v) is 4.24. The second-order valence-electron chi connectivity index (χ2n) is 3.85. The van der Waals surface area contributed by atoms with Crippen LogP contribution in [0.25, 0.3) is 0 Å². The standard InChI is InChI=1S/C13H12ClN3O/c1-9-2-4-15-7-11(9)8-17-13(18)10-3-5-16-12(14)6-10/h2-7H,8H2,1H3,(H,17,18). The van der Waals surface area contributed by atoms with Gasteiger partial charge in [0, 0.05) is 30.7 Å². The van der Waals surface area contributed by atoms with Gasteiger partial charge in [-0.2, -0.15) is 0 Å². The molecule has 0 radical (unpaired) electrons. The highest BCUT2D eigenvalue weighted by Crippen LogP contribution is 2.08. The molecule has 4 nitrogen and oxygen atoms in total. The number of hydrogen-bond acceptors (Lipinski definition) is 3. The smallest absolute Gasteiger partial charge is 0.251 e. The number of aryl methyl sites for hydroxylation is 1. The lowest BCUT2D eigenvalue weighted by molar-refractivity contribution is 0.0950. The van der Waals surface area contributed by atoms with Crippen molar-refractivity contribution in [3.63, 3.8) is 0 Å². The molecule has 2 heterocycles. The van der Waals surface area contributed by atoms with Crippen LogP contribution < -0.4 is 5.32 Å². The maximum Gasteiger partial charge on any atom is 0.251 e. The van der Waals surface area contributed by atoms with E-state index in [1.165, 1.54) is 12.3 Å². The third kappa shape index (κ3) is 3.05. The van der Waals surface area contributed by atoms with Gasteiger partial charge in [0.2, 0.25) is 0 Å². The molecule has 0 unspecified atom stereocenters. The maximum atomic E-state index is 11.9. The number of pyridine rings is 2. The van der Waals surface area contributed by atoms with E-state index < -0.39 is 0 Å². The predicted molar refractivity (Wildman–Crippen MR) is 69.4 cm³/mol. The molecule has 18 heavy (non-hydrogen) atoms. The van der Waals surface area contributed by atoms with Crippen molar-refractivity contribution >= 4 is 17.5 Å². The molecule has 0 spiro atoms. The molecule has 0 bridgehead atoms. The number of hydrogen-bond donors (Lipinski definition) is 1. The van der Waals surface area contributed by atoms with Gasteiger partial charge >= 0.3 is 0 Å². The van der Waals surface area contributed by atoms with Crippen LogP contribution in [0, 0.1) is 6.92 Å². The number of aromatic nitrogens is 2. The average Bonchev–Trinajstić information content (AvgIpc) is 2.37. The minimum atomic E-state index is -0.178. The molecule has 2 aromatic rings. The van der Waals surface area contributed by atoms with E-state index in [-0.39, 0.29) is 5.91 Å². The SMILES string of the molecule is Cc1ccncc1CNC(=O)c1ccnc(Cl)c1. The molecule has 0 atom stereocenters. The summed E-state index contributed by atoms with van der Waals surface area (Å²) in [6, 6.07) is 5.06. The molecule has 0 aromatic carbocycles. The van der Waals surface area contributed by atoms with E-state index in [1.54, 1.807) is 18.5 Å². The summed E-state index contributed by atoms with van der Waals surface area (Å²) in [5.41, 5.74) is 2.58. The summed E-state index contributed by atoms with van der Waals surface area (Å²) in [5.74, 6) is -0.178. The first-order chi connectivity index (χ1) is 8.66. The van der Waals surface area contributed by atoms with E-state index in [0.717, 1.165) is 11.1 Å². The Kier molecular flexibility index (Phi) is 3.89. The van der Waals surface area contributed by atoms with Gasteiger partial charge in [0.15, 0.2) is 0 Å². The van der Waals surface area contributed by atoms with Crippen LogP contribution in [0.1, 0.15) is 21.5 Å². The largest absolute Gasteiger partial charge is 0.348 e. The molecule has 5 heteroatoms. The fourth-order valence-electron chi connectivity index (χ4n) is 1.50. The lowest BCUT2D eigenvalue weighted by Crippen LogP contribution is -2.23. The minimum Gasteiger partial charge on any atom is -0.348 e. The first-order valence-electron chi connectivity index (χ1n) is 5.46. The maximum absolute atomic E-state index is 11.9. The van der Waals surface area contributed by atoms with Gasteiger partial charge in [-0.05, 0) is 36.2 Å². The zero-order chi connectivity index (χ0) is 13.0. The zero-order valence-corrected chi connectivity index (χ0v) is 10.6. The Morgan fingerprint density at radius 1 is 1.39 bits per heavy atom. The number of amides is 1. The van der Waals surface area contributed by atoms with Crippen molar-refractivity contribution in [2.24, 2.45) is 0 Å². The van der Waals surface area contributed by atoms with Crippen molar-refractivity contribution in [2.75, 3.05) is 0 Å². The Bertz CT molecular complexity index is 572. The van der Waals surface area contributed by atoms with E-state index in [9.17, 15) is 4.79 Å². The van der Waals surface area contributed by atoms with Crippen molar-refractivity contribution in [1.29, 1.82) is 0 Å². The van der Waals surface area contributed by atoms with Gasteiger partial charge in [0.25, 0.3) is 5.91 Å². The van der Waals surface area contributed by atoms with Crippen molar-refractivity contribution in [3.8, 4) is 0 Å². The van der Waals surface area contributed by atoms with Crippen LogP contribution in [0.4, 0.5) is 0 Å². The minimum absolute atomic E-state index is 0.178. The van der Waals surface area contributed by atoms with Gasteiger partial charge < -0.3 is 5.32 Å². The Morgan fingerprint density at radius 2 is 2.22 bits per heavy atom. The molecule has 0 aliphatic carbocycles. The zero-order valence-electron chi connectivity index (χ0n) is 9.85. The van der Waals surface area contributed by atoms with Gasteiger partial charge in [-0.3, -0.25) is 9.78 Å². The van der Waals surface area contributed by atoms with Gasteiger partial charge in [-0.15, -0.1) is 0 Å². The molecule has 2 aromatic heterocycles. The summed E-state index contributed by atoms with van der Waals surface area (Å²) in [4.78, 5) is 19.7. The van der Waals surface area contributed by atoms with Crippen LogP contribution in [-0.2, 0) is 6.54 Å². The predicted octanol–water partition coefficient (Wildman–Crippen LogP) is 2.37. The third-order valence-corrected chi connectivity index (χ3v) is 2.78. The normalized spacial score (nSPS) is 10.1. The van der Waals surface area contributed by atoms with Gasteiger partial charge in [-0.1, -0.05) is 11.6 Å². The van der Waals surface area contributed by atoms with E-state index in [2.05, 4.69) is 15.3 Å². The van der Waals surface area contributed by atoms with E-state index >= 15 is 0 Å². The second kappa shape index (κ2) is 5.60. The Morgan fingerprint density at radius 3 is 2.94 bits per heavy atom. The monoisotopic (exact) mass is 261 g/mol. The fourth-order valence-corrected chi connectivity index (χ4v) is 1.68. The average molecular weight is 262 g/mol. The summed E-state index contributed by atoms with van der Waals surface area (Å²) >= 11 is 5.73. The number of nitrogens with zero attached hydrogens (tertiary/aromatic N) is 2. The number of rotatable bonds is 3. The van der Waals surface area contributed by atoms with Crippen molar-refractivity contribution in [1.82, 2.24) is 15.3 Å². The molecule has 2 rings (SSSR count). The molecule has 0 aliphatic heterocycles. The first-order valence-corrected chi connectivity index (χ1v) is 5.84. The first kappa shape index (κ1) is 12.5. The Hall–Kier alpha value is -1.94. The lowest BCUT2D eigenvalue weighted by atomic mass is 10.1. The van der Waals surface area contributed by atoms with Crippen molar-refractivity contribution in [2.45, 2.75) is 13.5 Å². The summed E-state index contributed by atoms with van der Waals surface area (Å²) in [6.45, 7) is 2.42. The quantitative estimate of drug-likeness (QED) is 0.863. The highest BCUT2D eigenvalue weighted by molar-refractivity contribution is 6.29. The number of carbonyl (C=O) groups excluding carboxylic acids is 1. The van der Waals surface area contributed by atoms with Crippen LogP contribution in [0.2, 0.25) is 5.15 Å². The Balaban J connectivity index is 2.03. The van der Waals surface area contributed by atoms with Crippen LogP contribution in [0.3, 0.4) is 0 Å². The van der Waals surface area contributed by atoms with Gasteiger partial charge in [0.1, 0.15) is 5.15 Å². The van der Waals surface area contributed by atoms with E-state index in [4.69, 9.17) is 11.6 Å². The summed E-state index contributed by atoms with van der Waals surface area (Å²) in [5, 5.41) is 3.12. The molecular formula is C13H12ClN3O. The third-order valence-electron chi connectivity index (χ3n) is 2.58. The molecule has 0 saturated heterocycles. The topological polar surface area (TPSA) is 54.9 Å². The molecule has 0 aliphatic rings. The number of nitrogens with one attached hydrogen (secondary N) is 1. The molecule has 1 N–H and O–H groups in total. The summed E-state index contributed by atoms with van der Waals surface area (Å²) in [7, 11) is 0. The van der Waals surface area contributed by atoms with E-state index in [0.29, 0.717) is 17.3 Å². The molecule has 0 fully saturated rings. The van der Waals surface area contributed by atoms with Gasteiger partial charge in [-0.25, -0.2) is 4.98 Å². The van der Waals surface area contributed by atoms with E-state index in [1.807, 2.05) is 13.0 Å². The molecule has 1 amide bonds. The lowest BCUT2D eigenvalue weighted by Gasteiger charge is -2.07. The number of carbonyl (C=O) groups is 1. The van der Waals surface area contributed by atoms with Crippen LogP contribution in [0.15, 0.2) is 36.8 Å². The van der Waals surface area contributed by atoms with Crippen molar-refractivity contribution in [3.05, 3.63) is 58.6 Å². The van der Waals surface area contributed by atoms with Crippen LogP contribution >= 0.6 is 11.6 Å². The molecular weight excluding hydrogens is 250 g/mol. The van der Waals surface area contributed by atoms with Crippen molar-refractivity contribution < 1.29 is 4.79 Å². The molecule has 92 valence electrons. The highest BCUT2D eigenvalue weighted by atomic mass is 35.5. The fraction of sp³-hybridized carbons (Fsp3) is 0.154.